The molecule has 2 aliphatic rings. The van der Waals surface area contributed by atoms with Crippen LogP contribution in [0.25, 0.3) is 0 Å². The highest BCUT2D eigenvalue weighted by Gasteiger charge is 2.47. The molecule has 1 heterocycles. The van der Waals surface area contributed by atoms with Gasteiger partial charge in [0, 0.05) is 6.04 Å². The highest BCUT2D eigenvalue weighted by Crippen LogP contribution is 2.41. The van der Waals surface area contributed by atoms with Gasteiger partial charge in [0.25, 0.3) is 0 Å². The standard InChI is InChI=1S/C13H24N2O/c1-4-5-10-7-11(10)15-12(6-9(2)3)14-8-13(15)16/h9-12,14H,4-8H2,1-3H3. The summed E-state index contributed by atoms with van der Waals surface area (Å²) in [5, 5.41) is 3.35. The van der Waals surface area contributed by atoms with Crippen molar-refractivity contribution in [3.05, 3.63) is 0 Å². The van der Waals surface area contributed by atoms with Crippen LogP contribution >= 0.6 is 0 Å². The average Bonchev–Trinajstić information content (AvgIpc) is 2.85. The van der Waals surface area contributed by atoms with Crippen molar-refractivity contribution >= 4 is 5.91 Å². The lowest BCUT2D eigenvalue weighted by Crippen LogP contribution is -2.40. The van der Waals surface area contributed by atoms with Crippen molar-refractivity contribution in [2.24, 2.45) is 11.8 Å². The van der Waals surface area contributed by atoms with E-state index in [-0.39, 0.29) is 0 Å². The minimum Gasteiger partial charge on any atom is -0.323 e. The Morgan fingerprint density at radius 3 is 2.88 bits per heavy atom. The van der Waals surface area contributed by atoms with E-state index in [1.165, 1.54) is 19.3 Å². The molecule has 2 fully saturated rings. The Hall–Kier alpha value is -0.570. The van der Waals surface area contributed by atoms with E-state index in [1.54, 1.807) is 0 Å². The molecule has 0 aromatic heterocycles. The van der Waals surface area contributed by atoms with Gasteiger partial charge in [0.15, 0.2) is 0 Å². The summed E-state index contributed by atoms with van der Waals surface area (Å²) in [4.78, 5) is 14.0. The van der Waals surface area contributed by atoms with Crippen molar-refractivity contribution in [2.45, 2.75) is 58.7 Å². The largest absolute Gasteiger partial charge is 0.323 e. The smallest absolute Gasteiger partial charge is 0.238 e. The molecule has 0 spiro atoms. The Kier molecular flexibility index (Phi) is 3.53. The molecular weight excluding hydrogens is 200 g/mol. The van der Waals surface area contributed by atoms with E-state index in [2.05, 4.69) is 31.0 Å². The zero-order valence-corrected chi connectivity index (χ0v) is 10.7. The molecule has 1 saturated heterocycles. The van der Waals surface area contributed by atoms with Gasteiger partial charge in [-0.05, 0) is 31.1 Å². The first-order chi connectivity index (χ1) is 7.63. The van der Waals surface area contributed by atoms with Crippen LogP contribution in [-0.4, -0.2) is 29.6 Å². The van der Waals surface area contributed by atoms with Gasteiger partial charge >= 0.3 is 0 Å². The molecule has 1 amide bonds. The maximum atomic E-state index is 11.9. The molecule has 3 nitrogen and oxygen atoms in total. The molecule has 3 unspecified atom stereocenters. The molecule has 92 valence electrons. The van der Waals surface area contributed by atoms with Gasteiger partial charge < -0.3 is 4.90 Å². The molecule has 3 atom stereocenters. The van der Waals surface area contributed by atoms with Gasteiger partial charge in [-0.2, -0.15) is 0 Å². The van der Waals surface area contributed by atoms with Crippen molar-refractivity contribution in [3.63, 3.8) is 0 Å². The lowest BCUT2D eigenvalue weighted by Gasteiger charge is -2.26. The fraction of sp³-hybridized carbons (Fsp3) is 0.923. The Bertz CT molecular complexity index is 265. The maximum absolute atomic E-state index is 11.9. The van der Waals surface area contributed by atoms with E-state index in [1.807, 2.05) is 0 Å². The first-order valence-electron chi connectivity index (χ1n) is 6.68. The third kappa shape index (κ3) is 2.40. The molecule has 0 aromatic rings. The zero-order chi connectivity index (χ0) is 11.7. The molecule has 3 heteroatoms. The quantitative estimate of drug-likeness (QED) is 0.774. The Labute approximate surface area is 98.6 Å². The second-order valence-electron chi connectivity index (χ2n) is 5.68. The van der Waals surface area contributed by atoms with Crippen LogP contribution < -0.4 is 5.32 Å². The fourth-order valence-corrected chi connectivity index (χ4v) is 2.88. The first kappa shape index (κ1) is 11.9. The molecule has 16 heavy (non-hydrogen) atoms. The SMILES string of the molecule is CCCC1CC1N1C(=O)CNC1CC(C)C. The number of hydrogen-bond donors (Lipinski definition) is 1. The van der Waals surface area contributed by atoms with E-state index in [4.69, 9.17) is 0 Å². The third-order valence-electron chi connectivity index (χ3n) is 3.71. The Morgan fingerprint density at radius 1 is 1.50 bits per heavy atom. The van der Waals surface area contributed by atoms with Crippen LogP contribution in [-0.2, 0) is 4.79 Å². The van der Waals surface area contributed by atoms with Gasteiger partial charge in [-0.15, -0.1) is 0 Å². The molecule has 0 aromatic carbocycles. The second-order valence-corrected chi connectivity index (χ2v) is 5.68. The van der Waals surface area contributed by atoms with Crippen molar-refractivity contribution in [1.29, 1.82) is 0 Å². The van der Waals surface area contributed by atoms with Crippen molar-refractivity contribution in [1.82, 2.24) is 10.2 Å². The first-order valence-corrected chi connectivity index (χ1v) is 6.68. The predicted molar refractivity (Wildman–Crippen MR) is 64.9 cm³/mol. The minimum absolute atomic E-state index is 0.305. The summed E-state index contributed by atoms with van der Waals surface area (Å²) in [6.45, 7) is 7.22. The number of carbonyl (C=O) groups is 1. The van der Waals surface area contributed by atoms with Gasteiger partial charge in [-0.3, -0.25) is 10.1 Å². The van der Waals surface area contributed by atoms with E-state index in [9.17, 15) is 4.79 Å². The zero-order valence-electron chi connectivity index (χ0n) is 10.7. The number of rotatable bonds is 5. The van der Waals surface area contributed by atoms with E-state index in [0.717, 1.165) is 12.3 Å². The van der Waals surface area contributed by atoms with Gasteiger partial charge in [-0.25, -0.2) is 0 Å². The second kappa shape index (κ2) is 4.74. The van der Waals surface area contributed by atoms with Crippen LogP contribution in [0.1, 0.15) is 46.5 Å². The normalized spacial score (nSPS) is 33.9. The van der Waals surface area contributed by atoms with Gasteiger partial charge in [0.1, 0.15) is 0 Å². The van der Waals surface area contributed by atoms with E-state index < -0.39 is 0 Å². The van der Waals surface area contributed by atoms with Crippen LogP contribution in [0, 0.1) is 11.8 Å². The molecule has 1 aliphatic heterocycles. The average molecular weight is 224 g/mol. The van der Waals surface area contributed by atoms with Crippen molar-refractivity contribution in [3.8, 4) is 0 Å². The number of nitrogens with one attached hydrogen (secondary N) is 1. The fourth-order valence-electron chi connectivity index (χ4n) is 2.88. The van der Waals surface area contributed by atoms with Crippen molar-refractivity contribution < 1.29 is 4.79 Å². The van der Waals surface area contributed by atoms with Crippen LogP contribution in [0.5, 0.6) is 0 Å². The number of nitrogens with zero attached hydrogens (tertiary/aromatic N) is 1. The molecular formula is C13H24N2O. The molecule has 1 N–H and O–H groups in total. The molecule has 0 bridgehead atoms. The minimum atomic E-state index is 0.305. The Morgan fingerprint density at radius 2 is 2.25 bits per heavy atom. The highest BCUT2D eigenvalue weighted by molar-refractivity contribution is 5.81. The summed E-state index contributed by atoms with van der Waals surface area (Å²) in [7, 11) is 0. The molecule has 0 radical (unpaired) electrons. The summed E-state index contributed by atoms with van der Waals surface area (Å²) in [6.07, 6.45) is 5.14. The van der Waals surface area contributed by atoms with Crippen LogP contribution in [0.3, 0.4) is 0 Å². The highest BCUT2D eigenvalue weighted by atomic mass is 16.2. The number of amides is 1. The van der Waals surface area contributed by atoms with Crippen LogP contribution in [0.2, 0.25) is 0 Å². The maximum Gasteiger partial charge on any atom is 0.238 e. The van der Waals surface area contributed by atoms with Gasteiger partial charge in [0.05, 0.1) is 12.7 Å². The third-order valence-corrected chi connectivity index (χ3v) is 3.71. The summed E-state index contributed by atoms with van der Waals surface area (Å²) in [6, 6.07) is 0.547. The molecule has 1 aliphatic carbocycles. The monoisotopic (exact) mass is 224 g/mol. The number of hydrogen-bond acceptors (Lipinski definition) is 2. The Balaban J connectivity index is 1.92. The predicted octanol–water partition coefficient (Wildman–Crippen LogP) is 1.98. The van der Waals surface area contributed by atoms with Crippen molar-refractivity contribution in [2.75, 3.05) is 6.54 Å². The van der Waals surface area contributed by atoms with Crippen LogP contribution in [0.15, 0.2) is 0 Å². The summed E-state index contributed by atoms with van der Waals surface area (Å²) >= 11 is 0. The summed E-state index contributed by atoms with van der Waals surface area (Å²) in [5.41, 5.74) is 0. The molecule has 1 saturated carbocycles. The summed E-state index contributed by atoms with van der Waals surface area (Å²) < 4.78 is 0. The topological polar surface area (TPSA) is 32.3 Å². The van der Waals surface area contributed by atoms with E-state index >= 15 is 0 Å². The summed E-state index contributed by atoms with van der Waals surface area (Å²) in [5.74, 6) is 1.74. The van der Waals surface area contributed by atoms with Gasteiger partial charge in [-0.1, -0.05) is 27.2 Å². The molecule has 2 rings (SSSR count). The lowest BCUT2D eigenvalue weighted by atomic mass is 10.1. The van der Waals surface area contributed by atoms with Crippen LogP contribution in [0.4, 0.5) is 0 Å². The van der Waals surface area contributed by atoms with E-state index in [0.29, 0.717) is 30.6 Å². The van der Waals surface area contributed by atoms with Gasteiger partial charge in [0.2, 0.25) is 5.91 Å². The number of carbonyl (C=O) groups excluding carboxylic acids is 1. The lowest BCUT2D eigenvalue weighted by molar-refractivity contribution is -0.128.